The lowest BCUT2D eigenvalue weighted by atomic mass is 10.1. The predicted octanol–water partition coefficient (Wildman–Crippen LogP) is 3.64. The third-order valence-electron chi connectivity index (χ3n) is 4.38. The van der Waals surface area contributed by atoms with Crippen LogP contribution in [0.1, 0.15) is 10.4 Å². The maximum atomic E-state index is 11.7. The topological polar surface area (TPSA) is 94.0 Å². The highest BCUT2D eigenvalue weighted by molar-refractivity contribution is 5.94. The van der Waals surface area contributed by atoms with Gasteiger partial charge in [0.05, 0.1) is 21.3 Å². The van der Waals surface area contributed by atoms with Crippen molar-refractivity contribution in [1.29, 1.82) is 0 Å². The first-order valence-corrected chi connectivity index (χ1v) is 8.69. The molecule has 1 heterocycles. The number of rotatable bonds is 7. The fourth-order valence-electron chi connectivity index (χ4n) is 2.90. The van der Waals surface area contributed by atoms with Crippen molar-refractivity contribution in [3.05, 3.63) is 54.2 Å². The van der Waals surface area contributed by atoms with Gasteiger partial charge in [-0.2, -0.15) is 0 Å². The summed E-state index contributed by atoms with van der Waals surface area (Å²) in [6.07, 6.45) is 1.29. The molecule has 150 valence electrons. The molecular formula is C21H21N3O5. The molecule has 0 atom stereocenters. The molecule has 0 amide bonds. The van der Waals surface area contributed by atoms with E-state index in [1.165, 1.54) is 27.5 Å². The number of nitrogens with zero attached hydrogens (tertiary/aromatic N) is 3. The molecule has 8 nitrogen and oxygen atoms in total. The maximum absolute atomic E-state index is 11.7. The number of carbonyl (C=O) groups is 1. The molecule has 0 radical (unpaired) electrons. The van der Waals surface area contributed by atoms with Crippen LogP contribution in [0, 0.1) is 0 Å². The lowest BCUT2D eigenvalue weighted by Crippen LogP contribution is -2.17. The molecule has 29 heavy (non-hydrogen) atoms. The summed E-state index contributed by atoms with van der Waals surface area (Å²) in [7, 11) is 6.31. The Labute approximate surface area is 168 Å². The number of carboxylic acid groups (broad SMARTS) is 1. The summed E-state index contributed by atoms with van der Waals surface area (Å²) >= 11 is 0. The number of ether oxygens (including phenoxy) is 3. The van der Waals surface area contributed by atoms with Gasteiger partial charge in [-0.25, -0.2) is 14.8 Å². The van der Waals surface area contributed by atoms with Crippen molar-refractivity contribution in [1.82, 2.24) is 9.97 Å². The van der Waals surface area contributed by atoms with Gasteiger partial charge in [0, 0.05) is 24.5 Å². The standard InChI is InChI=1S/C21H21N3O5/c1-24(14-8-6-5-7-9-14)20-15(21(25)26)12-22-19(23-20)13-10-16(27-2)18(29-4)17(11-13)28-3/h5-12H,1-4H3,(H,25,26). The second-order valence-corrected chi connectivity index (χ2v) is 6.04. The number of para-hydroxylation sites is 1. The lowest BCUT2D eigenvalue weighted by molar-refractivity contribution is 0.0697. The van der Waals surface area contributed by atoms with Crippen LogP contribution >= 0.6 is 0 Å². The molecule has 1 N–H and O–H groups in total. The van der Waals surface area contributed by atoms with E-state index in [-0.39, 0.29) is 11.4 Å². The van der Waals surface area contributed by atoms with Crippen LogP contribution in [0.2, 0.25) is 0 Å². The highest BCUT2D eigenvalue weighted by atomic mass is 16.5. The van der Waals surface area contributed by atoms with E-state index in [9.17, 15) is 9.90 Å². The summed E-state index contributed by atoms with van der Waals surface area (Å²) in [4.78, 5) is 22.2. The number of aromatic nitrogens is 2. The molecule has 3 aromatic rings. The molecule has 1 aromatic heterocycles. The van der Waals surface area contributed by atoms with Crippen molar-refractivity contribution >= 4 is 17.5 Å². The molecule has 0 saturated heterocycles. The first-order chi connectivity index (χ1) is 14.0. The highest BCUT2D eigenvalue weighted by Gasteiger charge is 2.21. The Balaban J connectivity index is 2.16. The number of anilines is 2. The molecule has 0 saturated carbocycles. The van der Waals surface area contributed by atoms with Crippen LogP contribution in [0.5, 0.6) is 17.2 Å². The van der Waals surface area contributed by atoms with Gasteiger partial charge < -0.3 is 24.2 Å². The molecule has 0 aliphatic heterocycles. The van der Waals surface area contributed by atoms with Crippen molar-refractivity contribution in [3.63, 3.8) is 0 Å². The second-order valence-electron chi connectivity index (χ2n) is 6.04. The Morgan fingerprint density at radius 3 is 2.14 bits per heavy atom. The SMILES string of the molecule is COc1cc(-c2ncc(C(=O)O)c(N(C)c3ccccc3)n2)cc(OC)c1OC. The summed E-state index contributed by atoms with van der Waals surface area (Å²) in [5.41, 5.74) is 1.39. The Bertz CT molecular complexity index is 999. The van der Waals surface area contributed by atoms with E-state index < -0.39 is 5.97 Å². The van der Waals surface area contributed by atoms with Gasteiger partial charge in [-0.05, 0) is 24.3 Å². The zero-order valence-corrected chi connectivity index (χ0v) is 16.5. The second kappa shape index (κ2) is 8.47. The largest absolute Gasteiger partial charge is 0.493 e. The summed E-state index contributed by atoms with van der Waals surface area (Å²) in [6.45, 7) is 0. The Morgan fingerprint density at radius 1 is 1.00 bits per heavy atom. The van der Waals surface area contributed by atoms with Crippen molar-refractivity contribution < 1.29 is 24.1 Å². The third kappa shape index (κ3) is 3.91. The van der Waals surface area contributed by atoms with Gasteiger partial charge >= 0.3 is 5.97 Å². The van der Waals surface area contributed by atoms with Gasteiger partial charge in [-0.3, -0.25) is 0 Å². The van der Waals surface area contributed by atoms with Gasteiger partial charge in [0.25, 0.3) is 0 Å². The fraction of sp³-hybridized carbons (Fsp3) is 0.190. The van der Waals surface area contributed by atoms with E-state index >= 15 is 0 Å². The first kappa shape index (κ1) is 19.9. The van der Waals surface area contributed by atoms with Crippen molar-refractivity contribution in [2.45, 2.75) is 0 Å². The van der Waals surface area contributed by atoms with Crippen LogP contribution in [0.15, 0.2) is 48.7 Å². The van der Waals surface area contributed by atoms with Gasteiger partial charge in [0.15, 0.2) is 23.1 Å². The van der Waals surface area contributed by atoms with Crippen molar-refractivity contribution in [2.75, 3.05) is 33.3 Å². The molecule has 0 bridgehead atoms. The summed E-state index contributed by atoms with van der Waals surface area (Å²) < 4.78 is 16.1. The summed E-state index contributed by atoms with van der Waals surface area (Å²) in [5, 5.41) is 9.59. The van der Waals surface area contributed by atoms with Gasteiger partial charge in [-0.1, -0.05) is 18.2 Å². The Hall–Kier alpha value is -3.81. The Kier molecular flexibility index (Phi) is 5.82. The number of hydrogen-bond donors (Lipinski definition) is 1. The van der Waals surface area contributed by atoms with Crippen molar-refractivity contribution in [2.24, 2.45) is 0 Å². The average molecular weight is 395 g/mol. The van der Waals surface area contributed by atoms with Gasteiger partial charge in [0.2, 0.25) is 5.75 Å². The number of benzene rings is 2. The highest BCUT2D eigenvalue weighted by Crippen LogP contribution is 2.41. The smallest absolute Gasteiger partial charge is 0.341 e. The van der Waals surface area contributed by atoms with Crippen LogP contribution in [-0.4, -0.2) is 49.4 Å². The van der Waals surface area contributed by atoms with Gasteiger partial charge in [-0.15, -0.1) is 0 Å². The molecule has 2 aromatic carbocycles. The predicted molar refractivity (Wildman–Crippen MR) is 109 cm³/mol. The van der Waals surface area contributed by atoms with Crippen LogP contribution in [0.3, 0.4) is 0 Å². The van der Waals surface area contributed by atoms with Crippen molar-refractivity contribution in [3.8, 4) is 28.6 Å². The van der Waals surface area contributed by atoms with Crippen LogP contribution in [0.4, 0.5) is 11.5 Å². The maximum Gasteiger partial charge on any atom is 0.341 e. The molecule has 0 spiro atoms. The minimum absolute atomic E-state index is 0.00690. The Morgan fingerprint density at radius 2 is 1.62 bits per heavy atom. The van der Waals surface area contributed by atoms with E-state index in [4.69, 9.17) is 14.2 Å². The summed E-state index contributed by atoms with van der Waals surface area (Å²) in [5.74, 6) is 0.827. The van der Waals surface area contributed by atoms with E-state index in [0.717, 1.165) is 5.69 Å². The molecule has 0 unspecified atom stereocenters. The average Bonchev–Trinajstić information content (AvgIpc) is 2.77. The van der Waals surface area contributed by atoms with E-state index in [0.29, 0.717) is 28.6 Å². The minimum Gasteiger partial charge on any atom is -0.493 e. The molecule has 8 heteroatoms. The van der Waals surface area contributed by atoms with Crippen LogP contribution < -0.4 is 19.1 Å². The zero-order chi connectivity index (χ0) is 21.0. The monoisotopic (exact) mass is 395 g/mol. The third-order valence-corrected chi connectivity index (χ3v) is 4.38. The number of aromatic carboxylic acids is 1. The lowest BCUT2D eigenvalue weighted by Gasteiger charge is -2.21. The zero-order valence-electron chi connectivity index (χ0n) is 16.5. The fourth-order valence-corrected chi connectivity index (χ4v) is 2.90. The molecule has 3 rings (SSSR count). The minimum atomic E-state index is -1.11. The van der Waals surface area contributed by atoms with Crippen LogP contribution in [0.25, 0.3) is 11.4 Å². The quantitative estimate of drug-likeness (QED) is 0.648. The van der Waals surface area contributed by atoms with Crippen LogP contribution in [-0.2, 0) is 0 Å². The van der Waals surface area contributed by atoms with Gasteiger partial charge in [0.1, 0.15) is 5.56 Å². The number of carboxylic acids is 1. The first-order valence-electron chi connectivity index (χ1n) is 8.69. The molecular weight excluding hydrogens is 374 g/mol. The normalized spacial score (nSPS) is 10.3. The van der Waals surface area contributed by atoms with E-state index in [1.54, 1.807) is 24.1 Å². The number of hydrogen-bond acceptors (Lipinski definition) is 7. The summed E-state index contributed by atoms with van der Waals surface area (Å²) in [6, 6.07) is 12.8. The van der Waals surface area contributed by atoms with E-state index in [1.807, 2.05) is 30.3 Å². The molecule has 0 fully saturated rings. The number of methoxy groups -OCH3 is 3. The molecule has 0 aliphatic carbocycles. The molecule has 0 aliphatic rings. The van der Waals surface area contributed by atoms with E-state index in [2.05, 4.69) is 9.97 Å².